The van der Waals surface area contributed by atoms with Crippen molar-refractivity contribution in [3.63, 3.8) is 0 Å². The normalized spacial score (nSPS) is 14.5. The number of hydrazine groups is 1. The molecule has 0 bridgehead atoms. The molecule has 0 aliphatic carbocycles. The third-order valence-electron chi connectivity index (χ3n) is 5.57. The third kappa shape index (κ3) is 4.38. The molecular weight excluding hydrogens is 398 g/mol. The smallest absolute Gasteiger partial charge is 0.298 e. The van der Waals surface area contributed by atoms with Crippen molar-refractivity contribution in [2.75, 3.05) is 23.3 Å². The summed E-state index contributed by atoms with van der Waals surface area (Å²) in [4.78, 5) is 19.2. The van der Waals surface area contributed by atoms with E-state index in [-0.39, 0.29) is 11.8 Å². The van der Waals surface area contributed by atoms with Crippen molar-refractivity contribution >= 4 is 46.0 Å². The van der Waals surface area contributed by atoms with Gasteiger partial charge in [-0.05, 0) is 68.2 Å². The summed E-state index contributed by atoms with van der Waals surface area (Å²) in [5.74, 6) is -0.140. The summed E-state index contributed by atoms with van der Waals surface area (Å²) in [7, 11) is 0. The van der Waals surface area contributed by atoms with Crippen LogP contribution in [0.2, 0.25) is 0 Å². The van der Waals surface area contributed by atoms with Gasteiger partial charge in [0.15, 0.2) is 10.7 Å². The van der Waals surface area contributed by atoms with Crippen LogP contribution in [-0.4, -0.2) is 29.1 Å². The van der Waals surface area contributed by atoms with Gasteiger partial charge < -0.3 is 14.6 Å². The van der Waals surface area contributed by atoms with E-state index < -0.39 is 0 Å². The Balaban J connectivity index is 1.26. The zero-order valence-electron chi connectivity index (χ0n) is 17.1. The highest BCUT2D eigenvalue weighted by Crippen LogP contribution is 2.26. The first-order chi connectivity index (χ1) is 14.5. The van der Waals surface area contributed by atoms with Crippen LogP contribution in [0.15, 0.2) is 46.9 Å². The van der Waals surface area contributed by atoms with Crippen molar-refractivity contribution in [3.05, 3.63) is 53.6 Å². The van der Waals surface area contributed by atoms with Gasteiger partial charge in [0, 0.05) is 24.7 Å². The van der Waals surface area contributed by atoms with Crippen LogP contribution in [0.5, 0.6) is 0 Å². The molecule has 1 aromatic heterocycles. The number of carbonyl (C=O) groups excluding carboxylic acids is 1. The van der Waals surface area contributed by atoms with Gasteiger partial charge in [0.05, 0.1) is 0 Å². The second-order valence-corrected chi connectivity index (χ2v) is 7.95. The molecule has 1 aliphatic rings. The summed E-state index contributed by atoms with van der Waals surface area (Å²) >= 11 is 5.31. The molecule has 3 aromatic rings. The molecule has 0 unspecified atom stereocenters. The van der Waals surface area contributed by atoms with Crippen molar-refractivity contribution in [1.29, 1.82) is 0 Å². The van der Waals surface area contributed by atoms with Crippen molar-refractivity contribution in [2.45, 2.75) is 26.7 Å². The number of aromatic nitrogens is 1. The Kier molecular flexibility index (Phi) is 5.85. The van der Waals surface area contributed by atoms with E-state index in [0.717, 1.165) is 48.3 Å². The zero-order chi connectivity index (χ0) is 21.1. The van der Waals surface area contributed by atoms with Crippen LogP contribution >= 0.6 is 12.2 Å². The molecule has 8 heteroatoms. The minimum Gasteiger partial charge on any atom is -0.423 e. The Labute approximate surface area is 180 Å². The molecule has 0 atom stereocenters. The third-order valence-corrected chi connectivity index (χ3v) is 5.78. The predicted molar refractivity (Wildman–Crippen MR) is 122 cm³/mol. The van der Waals surface area contributed by atoms with E-state index in [9.17, 15) is 4.79 Å². The Bertz CT molecular complexity index is 1040. The van der Waals surface area contributed by atoms with E-state index in [1.165, 1.54) is 5.56 Å². The molecule has 0 radical (unpaired) electrons. The number of nitrogens with zero attached hydrogens (tertiary/aromatic N) is 2. The van der Waals surface area contributed by atoms with E-state index >= 15 is 0 Å². The van der Waals surface area contributed by atoms with Crippen LogP contribution in [0.4, 0.5) is 11.7 Å². The van der Waals surface area contributed by atoms with E-state index in [0.29, 0.717) is 11.1 Å². The molecule has 1 fully saturated rings. The molecule has 7 nitrogen and oxygen atoms in total. The minimum atomic E-state index is -0.0818. The predicted octanol–water partition coefficient (Wildman–Crippen LogP) is 3.68. The van der Waals surface area contributed by atoms with Gasteiger partial charge in [-0.3, -0.25) is 15.6 Å². The Morgan fingerprint density at radius 1 is 1.10 bits per heavy atom. The monoisotopic (exact) mass is 423 g/mol. The molecule has 156 valence electrons. The summed E-state index contributed by atoms with van der Waals surface area (Å²) in [6, 6.07) is 14.3. The van der Waals surface area contributed by atoms with Crippen LogP contribution in [0, 0.1) is 19.8 Å². The lowest BCUT2D eigenvalue weighted by Gasteiger charge is -2.30. The van der Waals surface area contributed by atoms with Gasteiger partial charge in [-0.2, -0.15) is 4.98 Å². The van der Waals surface area contributed by atoms with Crippen molar-refractivity contribution in [2.24, 2.45) is 5.92 Å². The number of anilines is 2. The number of rotatable bonds is 3. The number of thiocarbonyl (C=S) groups is 1. The van der Waals surface area contributed by atoms with Crippen molar-refractivity contribution in [3.8, 4) is 0 Å². The standard InChI is InChI=1S/C22H25N5O2S/c1-14-6-5-8-17(15(14)2)23-21(30)26-25-20(28)16-10-12-27(13-11-16)22-24-18-7-3-4-9-19(18)29-22/h3-9,16H,10-13H2,1-2H3,(H,25,28)(H2,23,26,30). The average Bonchev–Trinajstić information content (AvgIpc) is 3.20. The van der Waals surface area contributed by atoms with E-state index in [2.05, 4.69) is 26.1 Å². The highest BCUT2D eigenvalue weighted by molar-refractivity contribution is 7.80. The number of aryl methyl sites for hydroxylation is 1. The summed E-state index contributed by atoms with van der Waals surface area (Å²) < 4.78 is 5.83. The maximum Gasteiger partial charge on any atom is 0.298 e. The van der Waals surface area contributed by atoms with Gasteiger partial charge in [-0.25, -0.2) is 0 Å². The van der Waals surface area contributed by atoms with Crippen LogP contribution in [0.25, 0.3) is 11.1 Å². The SMILES string of the molecule is Cc1cccc(NC(=S)NNC(=O)C2CCN(c3nc4ccccc4o3)CC2)c1C. The first kappa shape index (κ1) is 20.2. The Morgan fingerprint density at radius 3 is 2.63 bits per heavy atom. The molecule has 1 saturated heterocycles. The average molecular weight is 424 g/mol. The fourth-order valence-electron chi connectivity index (χ4n) is 3.59. The molecule has 2 aromatic carbocycles. The van der Waals surface area contributed by atoms with Gasteiger partial charge in [0.25, 0.3) is 6.01 Å². The van der Waals surface area contributed by atoms with Gasteiger partial charge in [0.2, 0.25) is 5.91 Å². The first-order valence-corrected chi connectivity index (χ1v) is 10.5. The number of fused-ring (bicyclic) bond motifs is 1. The number of hydrogen-bond donors (Lipinski definition) is 3. The summed E-state index contributed by atoms with van der Waals surface area (Å²) in [5, 5.41) is 3.49. The zero-order valence-corrected chi connectivity index (χ0v) is 17.9. The Hall–Kier alpha value is -3.13. The highest BCUT2D eigenvalue weighted by Gasteiger charge is 2.27. The van der Waals surface area contributed by atoms with Crippen LogP contribution in [0.1, 0.15) is 24.0 Å². The fourth-order valence-corrected chi connectivity index (χ4v) is 3.75. The molecule has 3 N–H and O–H groups in total. The van der Waals surface area contributed by atoms with Crippen LogP contribution in [-0.2, 0) is 4.79 Å². The van der Waals surface area contributed by atoms with Gasteiger partial charge in [0.1, 0.15) is 5.52 Å². The number of nitrogens with one attached hydrogen (secondary N) is 3. The fraction of sp³-hybridized carbons (Fsp3) is 0.318. The largest absolute Gasteiger partial charge is 0.423 e. The lowest BCUT2D eigenvalue weighted by atomic mass is 9.96. The second-order valence-electron chi connectivity index (χ2n) is 7.54. The number of piperidine rings is 1. The lowest BCUT2D eigenvalue weighted by molar-refractivity contribution is -0.126. The molecule has 1 aliphatic heterocycles. The molecular formula is C22H25N5O2S. The number of hydrogen-bond acceptors (Lipinski definition) is 5. The number of benzene rings is 2. The number of amides is 1. The first-order valence-electron chi connectivity index (χ1n) is 10.0. The van der Waals surface area contributed by atoms with Gasteiger partial charge in [-0.1, -0.05) is 24.3 Å². The summed E-state index contributed by atoms with van der Waals surface area (Å²) in [5.41, 5.74) is 10.4. The molecule has 4 rings (SSSR count). The van der Waals surface area contributed by atoms with E-state index in [1.54, 1.807) is 0 Å². The Morgan fingerprint density at radius 2 is 1.87 bits per heavy atom. The van der Waals surface area contributed by atoms with E-state index in [1.807, 2.05) is 56.3 Å². The number of oxazole rings is 1. The van der Waals surface area contributed by atoms with Crippen molar-refractivity contribution < 1.29 is 9.21 Å². The quantitative estimate of drug-likeness (QED) is 0.438. The topological polar surface area (TPSA) is 82.4 Å². The van der Waals surface area contributed by atoms with Gasteiger partial charge in [-0.15, -0.1) is 0 Å². The molecule has 1 amide bonds. The molecule has 0 saturated carbocycles. The second kappa shape index (κ2) is 8.71. The van der Waals surface area contributed by atoms with E-state index in [4.69, 9.17) is 16.6 Å². The van der Waals surface area contributed by atoms with Crippen LogP contribution in [0.3, 0.4) is 0 Å². The summed E-state index contributed by atoms with van der Waals surface area (Å²) in [6.07, 6.45) is 1.45. The maximum absolute atomic E-state index is 12.5. The summed E-state index contributed by atoms with van der Waals surface area (Å²) in [6.45, 7) is 5.52. The molecule has 30 heavy (non-hydrogen) atoms. The number of carbonyl (C=O) groups is 1. The molecule has 0 spiro atoms. The maximum atomic E-state index is 12.5. The lowest BCUT2D eigenvalue weighted by Crippen LogP contribution is -2.48. The van der Waals surface area contributed by atoms with Gasteiger partial charge >= 0.3 is 0 Å². The van der Waals surface area contributed by atoms with Crippen molar-refractivity contribution in [1.82, 2.24) is 15.8 Å². The minimum absolute atomic E-state index is 0.0580. The molecule has 2 heterocycles. The number of para-hydroxylation sites is 2. The highest BCUT2D eigenvalue weighted by atomic mass is 32.1. The van der Waals surface area contributed by atoms with Crippen LogP contribution < -0.4 is 21.1 Å².